The van der Waals surface area contributed by atoms with Gasteiger partial charge in [-0.25, -0.2) is 15.0 Å². The lowest BCUT2D eigenvalue weighted by atomic mass is 10.1. The molecule has 0 aliphatic heterocycles. The molecule has 0 spiro atoms. The first-order chi connectivity index (χ1) is 12.4. The first-order valence-electron chi connectivity index (χ1n) is 8.34. The number of rotatable bonds is 5. The Hall–Kier alpha value is -3.27. The number of aryl methyl sites for hydroxylation is 2. The molecule has 4 heteroatoms. The van der Waals surface area contributed by atoms with Crippen molar-refractivity contribution >= 4 is 0 Å². The van der Waals surface area contributed by atoms with Crippen molar-refractivity contribution < 1.29 is 0 Å². The van der Waals surface area contributed by atoms with Crippen molar-refractivity contribution in [1.82, 2.24) is 19.9 Å². The summed E-state index contributed by atoms with van der Waals surface area (Å²) in [7, 11) is 0. The standard InChI is InChI=1S/C21H18N4/c1-3-7-16(8-4-1)11-12-20-22-15-19(25-20)18-13-23-21(24-14-18)17-9-5-2-6-10-17/h1-10,13-15H,11-12H2,(H,22,25). The number of hydrogen-bond donors (Lipinski definition) is 1. The minimum atomic E-state index is 0.730. The van der Waals surface area contributed by atoms with E-state index in [0.29, 0.717) is 0 Å². The third kappa shape index (κ3) is 3.63. The average Bonchev–Trinajstić information content (AvgIpc) is 3.17. The van der Waals surface area contributed by atoms with Crippen LogP contribution in [0.4, 0.5) is 0 Å². The summed E-state index contributed by atoms with van der Waals surface area (Å²) in [5.74, 6) is 1.71. The van der Waals surface area contributed by atoms with Crippen LogP contribution in [-0.4, -0.2) is 19.9 Å². The van der Waals surface area contributed by atoms with E-state index in [1.54, 1.807) is 0 Å². The quantitative estimate of drug-likeness (QED) is 0.594. The number of aromatic nitrogens is 4. The second-order valence-corrected chi connectivity index (χ2v) is 5.89. The van der Waals surface area contributed by atoms with E-state index in [9.17, 15) is 0 Å². The smallest absolute Gasteiger partial charge is 0.159 e. The van der Waals surface area contributed by atoms with E-state index < -0.39 is 0 Å². The normalized spacial score (nSPS) is 10.7. The van der Waals surface area contributed by atoms with E-state index in [0.717, 1.165) is 41.3 Å². The molecular formula is C21H18N4. The first kappa shape index (κ1) is 15.3. The number of imidazole rings is 1. The minimum Gasteiger partial charge on any atom is -0.342 e. The van der Waals surface area contributed by atoms with Gasteiger partial charge in [0.05, 0.1) is 11.9 Å². The van der Waals surface area contributed by atoms with Gasteiger partial charge in [-0.15, -0.1) is 0 Å². The minimum absolute atomic E-state index is 0.730. The van der Waals surface area contributed by atoms with Gasteiger partial charge < -0.3 is 4.98 Å². The number of nitrogens with one attached hydrogen (secondary N) is 1. The van der Waals surface area contributed by atoms with Crippen molar-refractivity contribution in [2.45, 2.75) is 12.8 Å². The van der Waals surface area contributed by atoms with Gasteiger partial charge in [0.15, 0.2) is 5.82 Å². The van der Waals surface area contributed by atoms with E-state index in [2.05, 4.69) is 44.2 Å². The molecule has 2 aromatic heterocycles. The number of nitrogens with zero attached hydrogens (tertiary/aromatic N) is 3. The zero-order chi connectivity index (χ0) is 16.9. The van der Waals surface area contributed by atoms with Crippen molar-refractivity contribution in [3.63, 3.8) is 0 Å². The predicted octanol–water partition coefficient (Wildman–Crippen LogP) is 4.32. The average molecular weight is 326 g/mol. The second kappa shape index (κ2) is 7.09. The van der Waals surface area contributed by atoms with Crippen LogP contribution in [-0.2, 0) is 12.8 Å². The van der Waals surface area contributed by atoms with Crippen molar-refractivity contribution in [2.75, 3.05) is 0 Å². The van der Waals surface area contributed by atoms with Crippen molar-refractivity contribution in [3.05, 3.63) is 90.6 Å². The van der Waals surface area contributed by atoms with Gasteiger partial charge in [-0.05, 0) is 12.0 Å². The van der Waals surface area contributed by atoms with Crippen LogP contribution >= 0.6 is 0 Å². The van der Waals surface area contributed by atoms with Crippen LogP contribution in [0.1, 0.15) is 11.4 Å². The number of H-pyrrole nitrogens is 1. The van der Waals surface area contributed by atoms with Gasteiger partial charge in [-0.3, -0.25) is 0 Å². The Balaban J connectivity index is 1.46. The molecule has 1 N–H and O–H groups in total. The fraction of sp³-hybridized carbons (Fsp3) is 0.0952. The first-order valence-corrected chi connectivity index (χ1v) is 8.34. The summed E-state index contributed by atoms with van der Waals surface area (Å²) in [6, 6.07) is 20.4. The third-order valence-electron chi connectivity index (χ3n) is 4.12. The summed E-state index contributed by atoms with van der Waals surface area (Å²) >= 11 is 0. The van der Waals surface area contributed by atoms with Crippen LogP contribution < -0.4 is 0 Å². The molecule has 122 valence electrons. The van der Waals surface area contributed by atoms with Crippen LogP contribution in [0.2, 0.25) is 0 Å². The number of hydrogen-bond acceptors (Lipinski definition) is 3. The van der Waals surface area contributed by atoms with E-state index in [1.165, 1.54) is 5.56 Å². The maximum Gasteiger partial charge on any atom is 0.159 e. The molecule has 0 saturated carbocycles. The van der Waals surface area contributed by atoms with Crippen LogP contribution in [0, 0.1) is 0 Å². The van der Waals surface area contributed by atoms with Crippen LogP contribution in [0.15, 0.2) is 79.3 Å². The lowest BCUT2D eigenvalue weighted by Crippen LogP contribution is -1.93. The highest BCUT2D eigenvalue weighted by Gasteiger charge is 2.06. The molecule has 4 rings (SSSR count). The van der Waals surface area contributed by atoms with Crippen LogP contribution in [0.25, 0.3) is 22.6 Å². The van der Waals surface area contributed by atoms with Gasteiger partial charge in [0.2, 0.25) is 0 Å². The van der Waals surface area contributed by atoms with E-state index in [-0.39, 0.29) is 0 Å². The molecule has 0 aliphatic rings. The molecular weight excluding hydrogens is 308 g/mol. The molecule has 2 heterocycles. The lowest BCUT2D eigenvalue weighted by molar-refractivity contribution is 0.885. The SMILES string of the molecule is c1ccc(CCc2ncc(-c3cnc(-c4ccccc4)nc3)[nH]2)cc1. The predicted molar refractivity (Wildman–Crippen MR) is 98.9 cm³/mol. The zero-order valence-electron chi connectivity index (χ0n) is 13.8. The molecule has 4 aromatic rings. The number of aromatic amines is 1. The molecule has 25 heavy (non-hydrogen) atoms. The Kier molecular flexibility index (Phi) is 4.33. The van der Waals surface area contributed by atoms with Gasteiger partial charge in [0.25, 0.3) is 0 Å². The fourth-order valence-corrected chi connectivity index (χ4v) is 2.75. The molecule has 4 nitrogen and oxygen atoms in total. The van der Waals surface area contributed by atoms with Crippen LogP contribution in [0.3, 0.4) is 0 Å². The van der Waals surface area contributed by atoms with E-state index in [4.69, 9.17) is 0 Å². The lowest BCUT2D eigenvalue weighted by Gasteiger charge is -2.01. The highest BCUT2D eigenvalue weighted by atomic mass is 14.9. The molecule has 0 bridgehead atoms. The molecule has 0 fully saturated rings. The van der Waals surface area contributed by atoms with Crippen LogP contribution in [0.5, 0.6) is 0 Å². The number of benzene rings is 2. The van der Waals surface area contributed by atoms with E-state index >= 15 is 0 Å². The Bertz CT molecular complexity index is 929. The van der Waals surface area contributed by atoms with Crippen molar-refractivity contribution in [3.8, 4) is 22.6 Å². The summed E-state index contributed by atoms with van der Waals surface area (Å²) in [6.07, 6.45) is 7.37. The zero-order valence-corrected chi connectivity index (χ0v) is 13.8. The van der Waals surface area contributed by atoms with Gasteiger partial charge in [-0.1, -0.05) is 60.7 Å². The summed E-state index contributed by atoms with van der Waals surface area (Å²) in [5.41, 5.74) is 4.22. The topological polar surface area (TPSA) is 54.5 Å². The highest BCUT2D eigenvalue weighted by Crippen LogP contribution is 2.19. The van der Waals surface area contributed by atoms with E-state index in [1.807, 2.05) is 55.0 Å². The Morgan fingerprint density at radius 2 is 1.32 bits per heavy atom. The van der Waals surface area contributed by atoms with Crippen molar-refractivity contribution in [2.24, 2.45) is 0 Å². The third-order valence-corrected chi connectivity index (χ3v) is 4.12. The summed E-state index contributed by atoms with van der Waals surface area (Å²) < 4.78 is 0. The molecule has 2 aromatic carbocycles. The van der Waals surface area contributed by atoms with Gasteiger partial charge in [0, 0.05) is 29.9 Å². The van der Waals surface area contributed by atoms with Gasteiger partial charge in [0.1, 0.15) is 5.82 Å². The van der Waals surface area contributed by atoms with Gasteiger partial charge in [-0.2, -0.15) is 0 Å². The molecule has 0 aliphatic carbocycles. The molecule has 0 atom stereocenters. The maximum absolute atomic E-state index is 4.48. The molecule has 0 radical (unpaired) electrons. The summed E-state index contributed by atoms with van der Waals surface area (Å²) in [6.45, 7) is 0. The molecule has 0 saturated heterocycles. The molecule has 0 unspecified atom stereocenters. The Morgan fingerprint density at radius 1 is 0.640 bits per heavy atom. The monoisotopic (exact) mass is 326 g/mol. The van der Waals surface area contributed by atoms with Crippen molar-refractivity contribution in [1.29, 1.82) is 0 Å². The summed E-state index contributed by atoms with van der Waals surface area (Å²) in [5, 5.41) is 0. The Labute approximate surface area is 146 Å². The molecule has 0 amide bonds. The fourth-order valence-electron chi connectivity index (χ4n) is 2.75. The summed E-state index contributed by atoms with van der Waals surface area (Å²) in [4.78, 5) is 16.8. The maximum atomic E-state index is 4.48. The van der Waals surface area contributed by atoms with Gasteiger partial charge >= 0.3 is 0 Å². The Morgan fingerprint density at radius 3 is 2.04 bits per heavy atom. The second-order valence-electron chi connectivity index (χ2n) is 5.89. The highest BCUT2D eigenvalue weighted by molar-refractivity contribution is 5.60. The largest absolute Gasteiger partial charge is 0.342 e.